The summed E-state index contributed by atoms with van der Waals surface area (Å²) < 4.78 is 6.27. The molecule has 0 radical (unpaired) electrons. The Morgan fingerprint density at radius 1 is 1.08 bits per heavy atom. The van der Waals surface area contributed by atoms with Gasteiger partial charge in [0.2, 0.25) is 5.91 Å². The molecular formula is C19H16N4O3. The van der Waals surface area contributed by atoms with E-state index in [4.69, 9.17) is 0 Å². The molecule has 0 aliphatic heterocycles. The molecule has 1 heterocycles. The molecule has 3 rings (SSSR count). The largest absolute Gasteiger partial charge is 0.465 e. The number of amides is 1. The van der Waals surface area contributed by atoms with Crippen LogP contribution in [0.3, 0.4) is 0 Å². The van der Waals surface area contributed by atoms with E-state index in [-0.39, 0.29) is 5.91 Å². The van der Waals surface area contributed by atoms with Crippen molar-refractivity contribution in [1.29, 1.82) is 0 Å². The Bertz CT molecular complexity index is 914. The first-order chi connectivity index (χ1) is 12.7. The number of carbonyl (C=O) groups excluding carboxylic acids is 2. The SMILES string of the molecule is COC(=O)c1ccc(/C=C/C(=O)Nc2ccc(-n3cncn3)cc2)cc1. The predicted molar refractivity (Wildman–Crippen MR) is 96.8 cm³/mol. The molecule has 0 atom stereocenters. The second-order valence-corrected chi connectivity index (χ2v) is 5.32. The van der Waals surface area contributed by atoms with Gasteiger partial charge in [-0.25, -0.2) is 14.5 Å². The van der Waals surface area contributed by atoms with Crippen LogP contribution in [0.4, 0.5) is 5.69 Å². The highest BCUT2D eigenvalue weighted by Crippen LogP contribution is 2.13. The summed E-state index contributed by atoms with van der Waals surface area (Å²) in [6, 6.07) is 14.0. The van der Waals surface area contributed by atoms with Crippen LogP contribution in [-0.2, 0) is 9.53 Å². The number of methoxy groups -OCH3 is 1. The predicted octanol–water partition coefficient (Wildman–Crippen LogP) is 2.71. The minimum Gasteiger partial charge on any atom is -0.465 e. The molecule has 0 unspecified atom stereocenters. The van der Waals surface area contributed by atoms with Crippen molar-refractivity contribution in [1.82, 2.24) is 14.8 Å². The van der Waals surface area contributed by atoms with Gasteiger partial charge in [-0.2, -0.15) is 5.10 Å². The molecule has 1 aromatic heterocycles. The quantitative estimate of drug-likeness (QED) is 0.566. The van der Waals surface area contributed by atoms with E-state index in [2.05, 4.69) is 20.1 Å². The molecule has 7 heteroatoms. The van der Waals surface area contributed by atoms with E-state index in [0.29, 0.717) is 11.3 Å². The first kappa shape index (κ1) is 17.1. The van der Waals surface area contributed by atoms with Crippen LogP contribution in [-0.4, -0.2) is 33.8 Å². The lowest BCUT2D eigenvalue weighted by Crippen LogP contribution is -2.07. The van der Waals surface area contributed by atoms with Gasteiger partial charge in [0, 0.05) is 11.8 Å². The molecule has 0 saturated carbocycles. The van der Waals surface area contributed by atoms with Crippen LogP contribution in [0.5, 0.6) is 0 Å². The monoisotopic (exact) mass is 348 g/mol. The zero-order valence-electron chi connectivity index (χ0n) is 14.0. The molecule has 0 spiro atoms. The average molecular weight is 348 g/mol. The second-order valence-electron chi connectivity index (χ2n) is 5.32. The van der Waals surface area contributed by atoms with Gasteiger partial charge < -0.3 is 10.1 Å². The fourth-order valence-corrected chi connectivity index (χ4v) is 2.24. The summed E-state index contributed by atoms with van der Waals surface area (Å²) in [5.74, 6) is -0.650. The first-order valence-corrected chi connectivity index (χ1v) is 7.78. The Hall–Kier alpha value is -3.74. The molecule has 2 aromatic carbocycles. The summed E-state index contributed by atoms with van der Waals surface area (Å²) in [4.78, 5) is 27.3. The summed E-state index contributed by atoms with van der Waals surface area (Å²) in [5, 5.41) is 6.82. The number of nitrogens with one attached hydrogen (secondary N) is 1. The van der Waals surface area contributed by atoms with Crippen LogP contribution >= 0.6 is 0 Å². The summed E-state index contributed by atoms with van der Waals surface area (Å²) in [6.45, 7) is 0. The average Bonchev–Trinajstić information content (AvgIpc) is 3.21. The lowest BCUT2D eigenvalue weighted by atomic mass is 10.1. The zero-order valence-corrected chi connectivity index (χ0v) is 14.0. The van der Waals surface area contributed by atoms with Crippen molar-refractivity contribution in [2.45, 2.75) is 0 Å². The maximum absolute atomic E-state index is 12.0. The van der Waals surface area contributed by atoms with Gasteiger partial charge in [-0.15, -0.1) is 0 Å². The van der Waals surface area contributed by atoms with Gasteiger partial charge in [0.05, 0.1) is 18.4 Å². The molecule has 1 amide bonds. The van der Waals surface area contributed by atoms with Crippen molar-refractivity contribution in [2.24, 2.45) is 0 Å². The molecule has 130 valence electrons. The third-order valence-electron chi connectivity index (χ3n) is 3.58. The van der Waals surface area contributed by atoms with Crippen LogP contribution in [0.2, 0.25) is 0 Å². The number of carbonyl (C=O) groups is 2. The Labute approximate surface area is 149 Å². The van der Waals surface area contributed by atoms with Crippen molar-refractivity contribution in [2.75, 3.05) is 12.4 Å². The number of ether oxygens (including phenoxy) is 1. The molecule has 0 aliphatic carbocycles. The molecular weight excluding hydrogens is 332 g/mol. The van der Waals surface area contributed by atoms with E-state index >= 15 is 0 Å². The highest BCUT2D eigenvalue weighted by atomic mass is 16.5. The topological polar surface area (TPSA) is 86.1 Å². The van der Waals surface area contributed by atoms with E-state index in [1.165, 1.54) is 19.5 Å². The summed E-state index contributed by atoms with van der Waals surface area (Å²) in [6.07, 6.45) is 6.15. The summed E-state index contributed by atoms with van der Waals surface area (Å²) in [7, 11) is 1.33. The molecule has 0 aliphatic rings. The van der Waals surface area contributed by atoms with Crippen molar-refractivity contribution in [3.8, 4) is 5.69 Å². The van der Waals surface area contributed by atoms with E-state index < -0.39 is 5.97 Å². The van der Waals surface area contributed by atoms with E-state index in [1.807, 2.05) is 12.1 Å². The molecule has 0 bridgehead atoms. The zero-order chi connectivity index (χ0) is 18.4. The highest BCUT2D eigenvalue weighted by Gasteiger charge is 2.04. The number of aromatic nitrogens is 3. The van der Waals surface area contributed by atoms with E-state index in [0.717, 1.165) is 11.3 Å². The maximum atomic E-state index is 12.0. The standard InChI is InChI=1S/C19H16N4O3/c1-26-19(25)15-5-2-14(3-6-15)4-11-18(24)22-16-7-9-17(10-8-16)23-13-20-12-21-23/h2-13H,1H3,(H,22,24)/b11-4+. The summed E-state index contributed by atoms with van der Waals surface area (Å²) in [5.41, 5.74) is 2.78. The van der Waals surface area contributed by atoms with Crippen molar-refractivity contribution >= 4 is 23.6 Å². The van der Waals surface area contributed by atoms with Crippen LogP contribution in [0.15, 0.2) is 67.3 Å². The first-order valence-electron chi connectivity index (χ1n) is 7.78. The van der Waals surface area contributed by atoms with Gasteiger partial charge in [-0.05, 0) is 48.0 Å². The number of hydrogen-bond acceptors (Lipinski definition) is 5. The number of hydrogen-bond donors (Lipinski definition) is 1. The van der Waals surface area contributed by atoms with Crippen LogP contribution in [0.1, 0.15) is 15.9 Å². The Morgan fingerprint density at radius 2 is 1.81 bits per heavy atom. The van der Waals surface area contributed by atoms with Gasteiger partial charge in [0.25, 0.3) is 0 Å². The van der Waals surface area contributed by atoms with Gasteiger partial charge in [0.15, 0.2) is 0 Å². The molecule has 3 aromatic rings. The fraction of sp³-hybridized carbons (Fsp3) is 0.0526. The van der Waals surface area contributed by atoms with Crippen molar-refractivity contribution < 1.29 is 14.3 Å². The summed E-state index contributed by atoms with van der Waals surface area (Å²) >= 11 is 0. The lowest BCUT2D eigenvalue weighted by molar-refractivity contribution is -0.111. The Balaban J connectivity index is 1.59. The minimum absolute atomic E-state index is 0.254. The lowest BCUT2D eigenvalue weighted by Gasteiger charge is -2.04. The number of nitrogens with zero attached hydrogens (tertiary/aromatic N) is 3. The van der Waals surface area contributed by atoms with E-state index in [1.54, 1.807) is 53.5 Å². The molecule has 1 N–H and O–H groups in total. The molecule has 26 heavy (non-hydrogen) atoms. The minimum atomic E-state index is -0.396. The number of rotatable bonds is 5. The molecule has 0 saturated heterocycles. The Morgan fingerprint density at radius 3 is 2.42 bits per heavy atom. The number of esters is 1. The third kappa shape index (κ3) is 4.21. The van der Waals surface area contributed by atoms with Crippen LogP contribution < -0.4 is 5.32 Å². The fourth-order valence-electron chi connectivity index (χ4n) is 2.24. The maximum Gasteiger partial charge on any atom is 0.337 e. The number of anilines is 1. The molecule has 7 nitrogen and oxygen atoms in total. The third-order valence-corrected chi connectivity index (χ3v) is 3.58. The smallest absolute Gasteiger partial charge is 0.337 e. The van der Waals surface area contributed by atoms with Gasteiger partial charge in [-0.3, -0.25) is 4.79 Å². The second kappa shape index (κ2) is 7.89. The van der Waals surface area contributed by atoms with Gasteiger partial charge in [-0.1, -0.05) is 12.1 Å². The number of benzene rings is 2. The normalized spacial score (nSPS) is 10.7. The molecule has 0 fully saturated rings. The van der Waals surface area contributed by atoms with Crippen molar-refractivity contribution in [3.05, 3.63) is 78.4 Å². The van der Waals surface area contributed by atoms with Gasteiger partial charge >= 0.3 is 5.97 Å². The Kier molecular flexibility index (Phi) is 5.19. The van der Waals surface area contributed by atoms with Crippen LogP contribution in [0, 0.1) is 0 Å². The van der Waals surface area contributed by atoms with Gasteiger partial charge in [0.1, 0.15) is 12.7 Å². The van der Waals surface area contributed by atoms with Crippen LogP contribution in [0.25, 0.3) is 11.8 Å². The van der Waals surface area contributed by atoms with Crippen molar-refractivity contribution in [3.63, 3.8) is 0 Å². The highest BCUT2D eigenvalue weighted by molar-refractivity contribution is 6.02. The van der Waals surface area contributed by atoms with E-state index in [9.17, 15) is 9.59 Å².